The highest BCUT2D eigenvalue weighted by atomic mass is 16.3. The third kappa shape index (κ3) is 2.28. The largest absolute Gasteiger partial charge is 0.459 e. The van der Waals surface area contributed by atoms with Crippen LogP contribution in [0, 0.1) is 6.92 Å². The Hall–Kier alpha value is -2.96. The fraction of sp³-hybridized carbons (Fsp3) is 0.0769. The normalized spacial score (nSPS) is 10.4. The summed E-state index contributed by atoms with van der Waals surface area (Å²) < 4.78 is 6.63. The van der Waals surface area contributed by atoms with Gasteiger partial charge in [-0.25, -0.2) is 0 Å². The van der Waals surface area contributed by atoms with E-state index in [1.807, 2.05) is 12.1 Å². The minimum absolute atomic E-state index is 0.258. The number of rotatable bonds is 3. The molecule has 2 aromatic heterocycles. The van der Waals surface area contributed by atoms with E-state index < -0.39 is 0 Å². The maximum atomic E-state index is 11.9. The van der Waals surface area contributed by atoms with Crippen LogP contribution in [0.5, 0.6) is 0 Å². The first-order valence-corrected chi connectivity index (χ1v) is 5.94. The third-order valence-corrected chi connectivity index (χ3v) is 2.72. The summed E-state index contributed by atoms with van der Waals surface area (Å²) in [6, 6.07) is 10.5. The fourth-order valence-corrected chi connectivity index (χ4v) is 1.79. The van der Waals surface area contributed by atoms with E-state index in [2.05, 4.69) is 20.8 Å². The summed E-state index contributed by atoms with van der Waals surface area (Å²) in [6.45, 7) is 1.80. The molecule has 7 heteroatoms. The van der Waals surface area contributed by atoms with Crippen molar-refractivity contribution < 1.29 is 9.21 Å². The van der Waals surface area contributed by atoms with Gasteiger partial charge in [0.2, 0.25) is 0 Å². The lowest BCUT2D eigenvalue weighted by Gasteiger charge is -2.06. The first kappa shape index (κ1) is 12.1. The molecule has 0 atom stereocenters. The Balaban J connectivity index is 1.85. The maximum absolute atomic E-state index is 11.9. The van der Waals surface area contributed by atoms with Gasteiger partial charge in [-0.1, -0.05) is 6.07 Å². The topological polar surface area (TPSA) is 85.8 Å². The number of carbonyl (C=O) groups excluding carboxylic acids is 1. The highest BCUT2D eigenvalue weighted by molar-refractivity contribution is 6.02. The van der Waals surface area contributed by atoms with E-state index >= 15 is 0 Å². The summed E-state index contributed by atoms with van der Waals surface area (Å²) in [5, 5.41) is 14.0. The van der Waals surface area contributed by atoms with Crippen LogP contribution in [0.15, 0.2) is 47.1 Å². The smallest absolute Gasteiger partial charge is 0.291 e. The number of aromatic nitrogens is 4. The summed E-state index contributed by atoms with van der Waals surface area (Å²) in [6.07, 6.45) is 1.45. The van der Waals surface area contributed by atoms with Crippen molar-refractivity contribution in [2.75, 3.05) is 5.32 Å². The third-order valence-electron chi connectivity index (χ3n) is 2.72. The van der Waals surface area contributed by atoms with Crippen LogP contribution in [0.3, 0.4) is 0 Å². The van der Waals surface area contributed by atoms with Crippen LogP contribution in [0.25, 0.3) is 5.69 Å². The summed E-state index contributed by atoms with van der Waals surface area (Å²) in [4.78, 5) is 11.9. The molecule has 0 spiro atoms. The van der Waals surface area contributed by atoms with Gasteiger partial charge >= 0.3 is 0 Å². The molecule has 3 rings (SSSR count). The molecule has 0 unspecified atom stereocenters. The zero-order valence-electron chi connectivity index (χ0n) is 10.6. The summed E-state index contributed by atoms with van der Waals surface area (Å²) in [7, 11) is 0. The zero-order valence-corrected chi connectivity index (χ0v) is 10.6. The van der Waals surface area contributed by atoms with E-state index in [1.54, 1.807) is 35.9 Å². The van der Waals surface area contributed by atoms with E-state index in [0.29, 0.717) is 11.5 Å². The Kier molecular flexibility index (Phi) is 3.00. The van der Waals surface area contributed by atoms with Gasteiger partial charge in [0.25, 0.3) is 5.91 Å². The molecule has 1 amide bonds. The minimum Gasteiger partial charge on any atom is -0.459 e. The minimum atomic E-state index is -0.305. The number of benzene rings is 1. The van der Waals surface area contributed by atoms with Gasteiger partial charge in [-0.05, 0) is 47.7 Å². The Morgan fingerprint density at radius 2 is 2.20 bits per heavy atom. The van der Waals surface area contributed by atoms with Gasteiger partial charge in [0, 0.05) is 5.69 Å². The number of amides is 1. The maximum Gasteiger partial charge on any atom is 0.291 e. The first-order chi connectivity index (χ1) is 9.74. The Bertz CT molecular complexity index is 733. The lowest BCUT2D eigenvalue weighted by atomic mass is 10.2. The van der Waals surface area contributed by atoms with Gasteiger partial charge < -0.3 is 9.73 Å². The van der Waals surface area contributed by atoms with Gasteiger partial charge in [0.15, 0.2) is 11.6 Å². The van der Waals surface area contributed by atoms with Crippen LogP contribution in [0.1, 0.15) is 16.4 Å². The first-order valence-electron chi connectivity index (χ1n) is 5.94. The number of anilines is 1. The van der Waals surface area contributed by atoms with Crippen LogP contribution in [0.4, 0.5) is 5.69 Å². The predicted molar refractivity (Wildman–Crippen MR) is 70.6 cm³/mol. The second kappa shape index (κ2) is 4.96. The summed E-state index contributed by atoms with van der Waals surface area (Å²) in [5.41, 5.74) is 1.41. The number of furan rings is 1. The number of nitrogens with zero attached hydrogens (tertiary/aromatic N) is 4. The summed E-state index contributed by atoms with van der Waals surface area (Å²) in [5.74, 6) is 0.620. The van der Waals surface area contributed by atoms with Crippen molar-refractivity contribution in [3.05, 3.63) is 54.2 Å². The van der Waals surface area contributed by atoms with Crippen molar-refractivity contribution in [2.45, 2.75) is 6.92 Å². The van der Waals surface area contributed by atoms with E-state index in [0.717, 1.165) is 5.69 Å². The molecule has 0 aliphatic carbocycles. The number of hydrogen-bond donors (Lipinski definition) is 1. The molecule has 2 heterocycles. The molecule has 3 aromatic rings. The fourth-order valence-electron chi connectivity index (χ4n) is 1.79. The van der Waals surface area contributed by atoms with Crippen LogP contribution in [0.2, 0.25) is 0 Å². The standard InChI is InChI=1S/C13H11N5O2/c1-9-15-16-17-18(9)11-5-2-4-10(8-11)14-13(19)12-6-3-7-20-12/h2-8H,1H3,(H,14,19). The Morgan fingerprint density at radius 1 is 1.30 bits per heavy atom. The average molecular weight is 269 g/mol. The molecular formula is C13H11N5O2. The van der Waals surface area contributed by atoms with Crippen molar-refractivity contribution in [1.29, 1.82) is 0 Å². The molecule has 0 fully saturated rings. The highest BCUT2D eigenvalue weighted by Crippen LogP contribution is 2.15. The average Bonchev–Trinajstić information content (AvgIpc) is 3.10. The Morgan fingerprint density at radius 3 is 2.90 bits per heavy atom. The van der Waals surface area contributed by atoms with E-state index in [1.165, 1.54) is 6.26 Å². The monoisotopic (exact) mass is 269 g/mol. The molecule has 100 valence electrons. The van der Waals surface area contributed by atoms with Gasteiger partial charge in [-0.3, -0.25) is 4.79 Å². The van der Waals surface area contributed by atoms with Crippen molar-refractivity contribution in [1.82, 2.24) is 20.2 Å². The van der Waals surface area contributed by atoms with E-state index in [9.17, 15) is 4.79 Å². The molecular weight excluding hydrogens is 258 g/mol. The van der Waals surface area contributed by atoms with Gasteiger partial charge in [-0.2, -0.15) is 4.68 Å². The van der Waals surface area contributed by atoms with Crippen LogP contribution in [-0.2, 0) is 0 Å². The second-order valence-corrected chi connectivity index (χ2v) is 4.12. The molecule has 0 saturated carbocycles. The van der Waals surface area contributed by atoms with Gasteiger partial charge in [0.1, 0.15) is 0 Å². The quantitative estimate of drug-likeness (QED) is 0.783. The number of tetrazole rings is 1. The molecule has 1 N–H and O–H groups in total. The van der Waals surface area contributed by atoms with Crippen molar-refractivity contribution in [3.8, 4) is 5.69 Å². The SMILES string of the molecule is Cc1nnnn1-c1cccc(NC(=O)c2ccco2)c1. The number of aryl methyl sites for hydroxylation is 1. The predicted octanol–water partition coefficient (Wildman–Crippen LogP) is 1.82. The molecule has 1 aromatic carbocycles. The van der Waals surface area contributed by atoms with Crippen molar-refractivity contribution >= 4 is 11.6 Å². The number of nitrogens with one attached hydrogen (secondary N) is 1. The molecule has 0 radical (unpaired) electrons. The van der Waals surface area contributed by atoms with Crippen molar-refractivity contribution in [2.24, 2.45) is 0 Å². The summed E-state index contributed by atoms with van der Waals surface area (Å²) >= 11 is 0. The molecule has 0 bridgehead atoms. The van der Waals surface area contributed by atoms with Crippen LogP contribution >= 0.6 is 0 Å². The van der Waals surface area contributed by atoms with Crippen molar-refractivity contribution in [3.63, 3.8) is 0 Å². The lowest BCUT2D eigenvalue weighted by Crippen LogP contribution is -2.11. The molecule has 20 heavy (non-hydrogen) atoms. The molecule has 7 nitrogen and oxygen atoms in total. The van der Waals surface area contributed by atoms with Crippen LogP contribution < -0.4 is 5.32 Å². The van der Waals surface area contributed by atoms with Gasteiger partial charge in [0.05, 0.1) is 12.0 Å². The number of hydrogen-bond acceptors (Lipinski definition) is 5. The highest BCUT2D eigenvalue weighted by Gasteiger charge is 2.10. The van der Waals surface area contributed by atoms with Crippen LogP contribution in [-0.4, -0.2) is 26.1 Å². The number of carbonyl (C=O) groups is 1. The zero-order chi connectivity index (χ0) is 13.9. The molecule has 0 aliphatic rings. The molecule has 0 saturated heterocycles. The van der Waals surface area contributed by atoms with Gasteiger partial charge in [-0.15, -0.1) is 5.10 Å². The van der Waals surface area contributed by atoms with E-state index in [4.69, 9.17) is 4.42 Å². The Labute approximate surface area is 114 Å². The molecule has 0 aliphatic heterocycles. The van der Waals surface area contributed by atoms with E-state index in [-0.39, 0.29) is 11.7 Å². The second-order valence-electron chi connectivity index (χ2n) is 4.12. The lowest BCUT2D eigenvalue weighted by molar-refractivity contribution is 0.0996.